The van der Waals surface area contributed by atoms with E-state index in [1.54, 1.807) is 7.11 Å². The molecule has 2 rings (SSSR count). The number of nitrogens with one attached hydrogen (secondary N) is 1. The summed E-state index contributed by atoms with van der Waals surface area (Å²) in [6.07, 6.45) is 0. The molecule has 2 aromatic carbocycles. The summed E-state index contributed by atoms with van der Waals surface area (Å²) in [6, 6.07) is 16.8. The van der Waals surface area contributed by atoms with Crippen LogP contribution in [-0.4, -0.2) is 7.11 Å². The van der Waals surface area contributed by atoms with Gasteiger partial charge in [0.1, 0.15) is 5.75 Å². The van der Waals surface area contributed by atoms with Crippen molar-refractivity contribution in [2.24, 2.45) is 0 Å². The molecule has 0 amide bonds. The first-order chi connectivity index (χ1) is 9.20. The van der Waals surface area contributed by atoms with Gasteiger partial charge in [0, 0.05) is 17.1 Å². The van der Waals surface area contributed by atoms with E-state index in [-0.39, 0.29) is 0 Å². The van der Waals surface area contributed by atoms with Gasteiger partial charge in [0.2, 0.25) is 0 Å². The van der Waals surface area contributed by atoms with Gasteiger partial charge >= 0.3 is 0 Å². The van der Waals surface area contributed by atoms with Crippen molar-refractivity contribution in [2.45, 2.75) is 19.5 Å². The second kappa shape index (κ2) is 6.73. The van der Waals surface area contributed by atoms with E-state index in [2.05, 4.69) is 58.5 Å². The van der Waals surface area contributed by atoms with E-state index in [0.29, 0.717) is 6.04 Å². The molecule has 2 nitrogen and oxygen atoms in total. The predicted octanol–water partition coefficient (Wildman–Crippen LogP) is 4.31. The Balaban J connectivity index is 2.02. The molecule has 0 aliphatic heterocycles. The molecule has 0 fully saturated rings. The van der Waals surface area contributed by atoms with Crippen LogP contribution >= 0.6 is 15.9 Å². The van der Waals surface area contributed by atoms with Crippen molar-refractivity contribution >= 4 is 15.9 Å². The van der Waals surface area contributed by atoms with Gasteiger partial charge in [-0.1, -0.05) is 46.3 Å². The molecule has 0 spiro atoms. The van der Waals surface area contributed by atoms with Crippen LogP contribution in [0, 0.1) is 0 Å². The van der Waals surface area contributed by atoms with Gasteiger partial charge in [-0.15, -0.1) is 0 Å². The summed E-state index contributed by atoms with van der Waals surface area (Å²) in [5.74, 6) is 0.882. The van der Waals surface area contributed by atoms with Gasteiger partial charge in [0.05, 0.1) is 7.11 Å². The number of ether oxygens (including phenoxy) is 1. The quantitative estimate of drug-likeness (QED) is 0.886. The monoisotopic (exact) mass is 319 g/mol. The lowest BCUT2D eigenvalue weighted by molar-refractivity contribution is 0.413. The zero-order chi connectivity index (χ0) is 13.7. The van der Waals surface area contributed by atoms with E-state index in [0.717, 1.165) is 16.8 Å². The minimum Gasteiger partial charge on any atom is -0.497 e. The summed E-state index contributed by atoms with van der Waals surface area (Å²) in [5.41, 5.74) is 2.49. The summed E-state index contributed by atoms with van der Waals surface area (Å²) in [4.78, 5) is 0. The Morgan fingerprint density at radius 3 is 2.58 bits per heavy atom. The molecule has 1 N–H and O–H groups in total. The number of benzene rings is 2. The molecule has 1 atom stereocenters. The zero-order valence-corrected chi connectivity index (χ0v) is 12.8. The van der Waals surface area contributed by atoms with E-state index in [9.17, 15) is 0 Å². The van der Waals surface area contributed by atoms with Crippen LogP contribution < -0.4 is 10.1 Å². The lowest BCUT2D eigenvalue weighted by atomic mass is 10.1. The molecule has 0 aromatic heterocycles. The van der Waals surface area contributed by atoms with Crippen molar-refractivity contribution in [1.29, 1.82) is 0 Å². The van der Waals surface area contributed by atoms with Crippen LogP contribution in [0.5, 0.6) is 5.75 Å². The molecular formula is C16H18BrNO. The van der Waals surface area contributed by atoms with Gasteiger partial charge in [0.15, 0.2) is 0 Å². The Labute approximate surface area is 122 Å². The minimum atomic E-state index is 0.319. The van der Waals surface area contributed by atoms with Crippen LogP contribution in [0.3, 0.4) is 0 Å². The van der Waals surface area contributed by atoms with E-state index >= 15 is 0 Å². The smallest absolute Gasteiger partial charge is 0.119 e. The SMILES string of the molecule is COc1ccc(Br)c(CN[C@H](C)c2ccccc2)c1. The van der Waals surface area contributed by atoms with Crippen molar-refractivity contribution in [3.05, 3.63) is 64.1 Å². The number of methoxy groups -OCH3 is 1. The fourth-order valence-electron chi connectivity index (χ4n) is 1.94. The molecule has 0 radical (unpaired) electrons. The highest BCUT2D eigenvalue weighted by Gasteiger charge is 2.06. The molecule has 0 saturated carbocycles. The maximum Gasteiger partial charge on any atom is 0.119 e. The van der Waals surface area contributed by atoms with Crippen LogP contribution in [-0.2, 0) is 6.54 Å². The first-order valence-corrected chi connectivity index (χ1v) is 7.10. The van der Waals surface area contributed by atoms with Gasteiger partial charge in [0.25, 0.3) is 0 Å². The molecular weight excluding hydrogens is 302 g/mol. The van der Waals surface area contributed by atoms with Gasteiger partial charge in [-0.2, -0.15) is 0 Å². The van der Waals surface area contributed by atoms with Crippen LogP contribution in [0.1, 0.15) is 24.1 Å². The maximum atomic E-state index is 5.25. The Morgan fingerprint density at radius 2 is 1.89 bits per heavy atom. The van der Waals surface area contributed by atoms with E-state index in [4.69, 9.17) is 4.74 Å². The van der Waals surface area contributed by atoms with Gasteiger partial charge in [-0.25, -0.2) is 0 Å². The van der Waals surface area contributed by atoms with E-state index in [1.165, 1.54) is 11.1 Å². The lowest BCUT2D eigenvalue weighted by Crippen LogP contribution is -2.18. The summed E-state index contributed by atoms with van der Waals surface area (Å²) in [6.45, 7) is 2.97. The van der Waals surface area contributed by atoms with Crippen molar-refractivity contribution in [2.75, 3.05) is 7.11 Å². The molecule has 19 heavy (non-hydrogen) atoms. The van der Waals surface area contributed by atoms with Gasteiger partial charge < -0.3 is 10.1 Å². The third-order valence-corrected chi connectivity index (χ3v) is 3.92. The Hall–Kier alpha value is -1.32. The molecule has 0 bridgehead atoms. The fourth-order valence-corrected chi connectivity index (χ4v) is 2.32. The zero-order valence-electron chi connectivity index (χ0n) is 11.2. The lowest BCUT2D eigenvalue weighted by Gasteiger charge is -2.15. The van der Waals surface area contributed by atoms with Crippen molar-refractivity contribution < 1.29 is 4.74 Å². The summed E-state index contributed by atoms with van der Waals surface area (Å²) < 4.78 is 6.35. The highest BCUT2D eigenvalue weighted by Crippen LogP contribution is 2.23. The highest BCUT2D eigenvalue weighted by atomic mass is 79.9. The number of hydrogen-bond donors (Lipinski definition) is 1. The molecule has 0 saturated heterocycles. The van der Waals surface area contributed by atoms with E-state index < -0.39 is 0 Å². The minimum absolute atomic E-state index is 0.319. The average molecular weight is 320 g/mol. The summed E-state index contributed by atoms with van der Waals surface area (Å²) >= 11 is 3.57. The first kappa shape index (κ1) is 14.1. The number of halogens is 1. The Bertz CT molecular complexity index is 528. The average Bonchev–Trinajstić information content (AvgIpc) is 2.47. The molecule has 2 aromatic rings. The van der Waals surface area contributed by atoms with Crippen LogP contribution in [0.4, 0.5) is 0 Å². The molecule has 0 aliphatic carbocycles. The summed E-state index contributed by atoms with van der Waals surface area (Å²) in [5, 5.41) is 3.52. The van der Waals surface area contributed by atoms with E-state index in [1.807, 2.05) is 18.2 Å². The third-order valence-electron chi connectivity index (χ3n) is 3.15. The van der Waals surface area contributed by atoms with Crippen LogP contribution in [0.25, 0.3) is 0 Å². The van der Waals surface area contributed by atoms with Crippen LogP contribution in [0.15, 0.2) is 53.0 Å². The Kier molecular flexibility index (Phi) is 5.00. The van der Waals surface area contributed by atoms with Gasteiger partial charge in [-0.3, -0.25) is 0 Å². The third kappa shape index (κ3) is 3.82. The molecule has 0 heterocycles. The van der Waals surface area contributed by atoms with Crippen molar-refractivity contribution in [3.63, 3.8) is 0 Å². The second-order valence-electron chi connectivity index (χ2n) is 4.47. The standard InChI is InChI=1S/C16H18BrNO/c1-12(13-6-4-3-5-7-13)18-11-14-10-15(19-2)8-9-16(14)17/h3-10,12,18H,11H2,1-2H3/t12-/m1/s1. The summed E-state index contributed by atoms with van der Waals surface area (Å²) in [7, 11) is 1.69. The number of hydrogen-bond acceptors (Lipinski definition) is 2. The first-order valence-electron chi connectivity index (χ1n) is 6.31. The molecule has 3 heteroatoms. The maximum absolute atomic E-state index is 5.25. The van der Waals surface area contributed by atoms with Crippen molar-refractivity contribution in [3.8, 4) is 5.75 Å². The molecule has 0 unspecified atom stereocenters. The fraction of sp³-hybridized carbons (Fsp3) is 0.250. The highest BCUT2D eigenvalue weighted by molar-refractivity contribution is 9.10. The predicted molar refractivity (Wildman–Crippen MR) is 82.4 cm³/mol. The topological polar surface area (TPSA) is 21.3 Å². The molecule has 100 valence electrons. The number of rotatable bonds is 5. The largest absolute Gasteiger partial charge is 0.497 e. The van der Waals surface area contributed by atoms with Crippen LogP contribution in [0.2, 0.25) is 0 Å². The van der Waals surface area contributed by atoms with Gasteiger partial charge in [-0.05, 0) is 36.2 Å². The normalized spacial score (nSPS) is 12.2. The van der Waals surface area contributed by atoms with Crippen molar-refractivity contribution in [1.82, 2.24) is 5.32 Å². The second-order valence-corrected chi connectivity index (χ2v) is 5.32. The molecule has 0 aliphatic rings. The Morgan fingerprint density at radius 1 is 1.16 bits per heavy atom.